The Kier molecular flexibility index (Phi) is 15.8. The average molecular weight is 274 g/mol. The van der Waals surface area contributed by atoms with Crippen LogP contribution in [0.4, 0.5) is 0 Å². The van der Waals surface area contributed by atoms with Gasteiger partial charge in [-0.1, -0.05) is 49.3 Å². The topological polar surface area (TPSA) is 34.1 Å². The molecular formula is C18H26O2. The van der Waals surface area contributed by atoms with Crippen molar-refractivity contribution in [2.45, 2.75) is 51.4 Å². The zero-order valence-electron chi connectivity index (χ0n) is 12.2. The fourth-order valence-electron chi connectivity index (χ4n) is 1.74. The van der Waals surface area contributed by atoms with Crippen LogP contribution >= 0.6 is 0 Å². The summed E-state index contributed by atoms with van der Waals surface area (Å²) in [5, 5.41) is 0. The van der Waals surface area contributed by atoms with Crippen LogP contribution in [0.15, 0.2) is 48.6 Å². The molecule has 0 aliphatic heterocycles. The van der Waals surface area contributed by atoms with Crippen molar-refractivity contribution in [2.75, 3.05) is 0 Å². The Hall–Kier alpha value is -1.70. The minimum absolute atomic E-state index is 0.788. The number of unbranched alkanes of at least 4 members (excludes halogenated alkanes) is 6. The highest BCUT2D eigenvalue weighted by Gasteiger charge is 1.87. The Balaban J connectivity index is 3.23. The number of allylic oxidation sites excluding steroid dienone is 8. The van der Waals surface area contributed by atoms with E-state index in [1.807, 2.05) is 12.2 Å². The largest absolute Gasteiger partial charge is 0.299 e. The first kappa shape index (κ1) is 18.3. The molecule has 0 aromatic rings. The summed E-state index contributed by atoms with van der Waals surface area (Å²) >= 11 is 0. The lowest BCUT2D eigenvalue weighted by Gasteiger charge is -1.96. The molecule has 0 heterocycles. The third-order valence-electron chi connectivity index (χ3n) is 2.81. The molecule has 0 atom stereocenters. The van der Waals surface area contributed by atoms with Gasteiger partial charge in [0.05, 0.1) is 0 Å². The Bertz CT molecular complexity index is 335. The summed E-state index contributed by atoms with van der Waals surface area (Å²) in [6.45, 7) is 0. The zero-order valence-corrected chi connectivity index (χ0v) is 12.2. The van der Waals surface area contributed by atoms with Crippen molar-refractivity contribution >= 4 is 12.6 Å². The summed E-state index contributed by atoms with van der Waals surface area (Å²) in [5.41, 5.74) is 0. The van der Waals surface area contributed by atoms with E-state index in [4.69, 9.17) is 0 Å². The molecule has 0 saturated carbocycles. The summed E-state index contributed by atoms with van der Waals surface area (Å²) in [6.07, 6.45) is 26.0. The highest BCUT2D eigenvalue weighted by Crippen LogP contribution is 2.07. The van der Waals surface area contributed by atoms with E-state index in [1.165, 1.54) is 31.8 Å². The molecule has 0 aromatic carbocycles. The molecule has 0 bridgehead atoms. The maximum atomic E-state index is 10.0. The summed E-state index contributed by atoms with van der Waals surface area (Å²) in [5.74, 6) is 0. The Morgan fingerprint density at radius 2 is 1.00 bits per heavy atom. The van der Waals surface area contributed by atoms with E-state index in [0.717, 1.165) is 38.3 Å². The lowest BCUT2D eigenvalue weighted by molar-refractivity contribution is -0.104. The second-order valence-corrected chi connectivity index (χ2v) is 4.55. The van der Waals surface area contributed by atoms with Gasteiger partial charge in [-0.05, 0) is 50.7 Å². The van der Waals surface area contributed by atoms with E-state index >= 15 is 0 Å². The van der Waals surface area contributed by atoms with Crippen LogP contribution < -0.4 is 0 Å². The molecule has 0 rings (SSSR count). The Labute approximate surface area is 123 Å². The molecule has 2 nitrogen and oxygen atoms in total. The normalized spacial score (nSPS) is 12.2. The van der Waals surface area contributed by atoms with Gasteiger partial charge < -0.3 is 0 Å². The molecule has 20 heavy (non-hydrogen) atoms. The number of aldehydes is 2. The van der Waals surface area contributed by atoms with Crippen LogP contribution in [0, 0.1) is 0 Å². The fourth-order valence-corrected chi connectivity index (χ4v) is 1.74. The van der Waals surface area contributed by atoms with Crippen LogP contribution in [0.2, 0.25) is 0 Å². The standard InChI is InChI=1S/C18H26O2/c19-17-15-13-11-9-7-5-3-1-2-4-6-8-10-12-14-16-18-20/h5,7,10,12-18H,1-4,6,8-9,11H2. The van der Waals surface area contributed by atoms with Crippen LogP contribution in [-0.2, 0) is 9.59 Å². The van der Waals surface area contributed by atoms with Crippen molar-refractivity contribution in [2.24, 2.45) is 0 Å². The molecule has 0 aromatic heterocycles. The quantitative estimate of drug-likeness (QED) is 0.160. The monoisotopic (exact) mass is 274 g/mol. The molecule has 0 N–H and O–H groups in total. The first-order valence-corrected chi connectivity index (χ1v) is 7.44. The molecule has 0 spiro atoms. The number of carbonyl (C=O) groups excluding carboxylic acids is 2. The van der Waals surface area contributed by atoms with Crippen LogP contribution in [0.25, 0.3) is 0 Å². The van der Waals surface area contributed by atoms with Crippen LogP contribution in [0.3, 0.4) is 0 Å². The molecule has 0 saturated heterocycles. The van der Waals surface area contributed by atoms with Crippen molar-refractivity contribution in [3.8, 4) is 0 Å². The molecule has 2 heteroatoms. The van der Waals surface area contributed by atoms with Crippen molar-refractivity contribution in [3.05, 3.63) is 48.6 Å². The van der Waals surface area contributed by atoms with Gasteiger partial charge >= 0.3 is 0 Å². The van der Waals surface area contributed by atoms with Gasteiger partial charge in [-0.2, -0.15) is 0 Å². The van der Waals surface area contributed by atoms with Gasteiger partial charge in [0.15, 0.2) is 0 Å². The van der Waals surface area contributed by atoms with Gasteiger partial charge in [0, 0.05) is 0 Å². The SMILES string of the molecule is O=CC=CC=CCCCCCCC=CCCC=CC=O. The van der Waals surface area contributed by atoms with Gasteiger partial charge in [-0.15, -0.1) is 0 Å². The molecule has 0 fully saturated rings. The average Bonchev–Trinajstić information content (AvgIpc) is 2.47. The summed E-state index contributed by atoms with van der Waals surface area (Å²) < 4.78 is 0. The highest BCUT2D eigenvalue weighted by molar-refractivity contribution is 5.65. The third kappa shape index (κ3) is 16.3. The highest BCUT2D eigenvalue weighted by atomic mass is 16.1. The lowest BCUT2D eigenvalue weighted by atomic mass is 10.1. The number of hydrogen-bond donors (Lipinski definition) is 0. The minimum atomic E-state index is 0.788. The third-order valence-corrected chi connectivity index (χ3v) is 2.81. The molecule has 0 amide bonds. The fraction of sp³-hybridized carbons (Fsp3) is 0.444. The number of rotatable bonds is 13. The van der Waals surface area contributed by atoms with Gasteiger partial charge in [0.25, 0.3) is 0 Å². The van der Waals surface area contributed by atoms with E-state index < -0.39 is 0 Å². The minimum Gasteiger partial charge on any atom is -0.299 e. The van der Waals surface area contributed by atoms with Crippen LogP contribution in [0.1, 0.15) is 51.4 Å². The van der Waals surface area contributed by atoms with Crippen molar-refractivity contribution < 1.29 is 9.59 Å². The van der Waals surface area contributed by atoms with Crippen molar-refractivity contribution in [1.82, 2.24) is 0 Å². The van der Waals surface area contributed by atoms with E-state index in [-0.39, 0.29) is 0 Å². The maximum absolute atomic E-state index is 10.0. The predicted molar refractivity (Wildman–Crippen MR) is 85.6 cm³/mol. The van der Waals surface area contributed by atoms with E-state index in [2.05, 4.69) is 18.2 Å². The maximum Gasteiger partial charge on any atom is 0.142 e. The van der Waals surface area contributed by atoms with Gasteiger partial charge in [-0.3, -0.25) is 9.59 Å². The van der Waals surface area contributed by atoms with E-state index in [0.29, 0.717) is 0 Å². The first-order valence-electron chi connectivity index (χ1n) is 7.44. The summed E-state index contributed by atoms with van der Waals surface area (Å²) in [7, 11) is 0. The second-order valence-electron chi connectivity index (χ2n) is 4.55. The zero-order chi connectivity index (χ0) is 14.7. The molecular weight excluding hydrogens is 248 g/mol. The van der Waals surface area contributed by atoms with Gasteiger partial charge in [0.2, 0.25) is 0 Å². The molecule has 110 valence electrons. The van der Waals surface area contributed by atoms with Crippen molar-refractivity contribution in [3.63, 3.8) is 0 Å². The molecule has 0 aliphatic carbocycles. The Morgan fingerprint density at radius 3 is 1.70 bits per heavy atom. The number of hydrogen-bond acceptors (Lipinski definition) is 2. The van der Waals surface area contributed by atoms with Crippen LogP contribution in [-0.4, -0.2) is 12.6 Å². The Morgan fingerprint density at radius 1 is 0.450 bits per heavy atom. The molecule has 0 radical (unpaired) electrons. The van der Waals surface area contributed by atoms with Gasteiger partial charge in [-0.25, -0.2) is 0 Å². The van der Waals surface area contributed by atoms with Crippen molar-refractivity contribution in [1.29, 1.82) is 0 Å². The predicted octanol–water partition coefficient (Wildman–Crippen LogP) is 4.73. The van der Waals surface area contributed by atoms with Gasteiger partial charge in [0.1, 0.15) is 12.6 Å². The summed E-state index contributed by atoms with van der Waals surface area (Å²) in [6, 6.07) is 0. The first-order chi connectivity index (χ1) is 9.91. The number of carbonyl (C=O) groups is 2. The molecule has 0 aliphatic rings. The smallest absolute Gasteiger partial charge is 0.142 e. The lowest BCUT2D eigenvalue weighted by Crippen LogP contribution is -1.77. The summed E-state index contributed by atoms with van der Waals surface area (Å²) in [4.78, 5) is 20.0. The van der Waals surface area contributed by atoms with E-state index in [9.17, 15) is 9.59 Å². The van der Waals surface area contributed by atoms with E-state index in [1.54, 1.807) is 12.2 Å². The van der Waals surface area contributed by atoms with Crippen LogP contribution in [0.5, 0.6) is 0 Å². The second kappa shape index (κ2) is 17.3. The molecule has 0 unspecified atom stereocenters.